The maximum absolute atomic E-state index is 10.1. The summed E-state index contributed by atoms with van der Waals surface area (Å²) in [6.45, 7) is 4.10. The molecule has 0 aromatic heterocycles. The summed E-state index contributed by atoms with van der Waals surface area (Å²) in [5, 5.41) is 11.6. The van der Waals surface area contributed by atoms with Gasteiger partial charge in [0, 0.05) is 0 Å². The highest BCUT2D eigenvalue weighted by Gasteiger charge is 2.05. The molecule has 4 nitrogen and oxygen atoms in total. The Balaban J connectivity index is 3.64. The Morgan fingerprint density at radius 3 is 2.77 bits per heavy atom. The highest BCUT2D eigenvalue weighted by atomic mass is 16.6. The van der Waals surface area contributed by atoms with Crippen LogP contribution in [0.25, 0.3) is 0 Å². The molecule has 0 saturated heterocycles. The van der Waals surface area contributed by atoms with Crippen LogP contribution >= 0.6 is 0 Å². The molecule has 0 radical (unpaired) electrons. The number of nitrogens with zero attached hydrogens (tertiary/aromatic N) is 1. The molecule has 0 aromatic carbocycles. The van der Waals surface area contributed by atoms with Crippen LogP contribution < -0.4 is 0 Å². The summed E-state index contributed by atoms with van der Waals surface area (Å²) in [6.07, 6.45) is 4.81. The molecule has 0 aromatic rings. The Kier molecular flexibility index (Phi) is 6.96. The third-order valence-electron chi connectivity index (χ3n) is 1.71. The Morgan fingerprint density at radius 1 is 1.62 bits per heavy atom. The lowest BCUT2D eigenvalue weighted by molar-refractivity contribution is -0.129. The molecule has 0 bridgehead atoms. The Hall–Kier alpha value is -1.06. The fourth-order valence-corrected chi connectivity index (χ4v) is 0.925. The minimum absolute atomic E-state index is 0.0514. The van der Waals surface area contributed by atoms with Crippen molar-refractivity contribution in [3.8, 4) is 0 Å². The van der Waals surface area contributed by atoms with Crippen molar-refractivity contribution in [3.63, 3.8) is 0 Å². The van der Waals surface area contributed by atoms with Gasteiger partial charge < -0.3 is 9.94 Å². The molecule has 0 rings (SSSR count). The van der Waals surface area contributed by atoms with E-state index >= 15 is 0 Å². The van der Waals surface area contributed by atoms with Gasteiger partial charge in [0.25, 0.3) is 0 Å². The topological polar surface area (TPSA) is 58.9 Å². The van der Waals surface area contributed by atoms with Gasteiger partial charge in [0.15, 0.2) is 6.21 Å². The van der Waals surface area contributed by atoms with Crippen molar-refractivity contribution in [1.29, 1.82) is 0 Å². The van der Waals surface area contributed by atoms with Crippen LogP contribution in [0.1, 0.15) is 39.5 Å². The van der Waals surface area contributed by atoms with Crippen LogP contribution in [0.4, 0.5) is 0 Å². The number of oxime groups is 1. The van der Waals surface area contributed by atoms with Crippen LogP contribution in [-0.2, 0) is 9.63 Å². The average molecular weight is 187 g/mol. The highest BCUT2D eigenvalue weighted by Crippen LogP contribution is 2.08. The second-order valence-corrected chi connectivity index (χ2v) is 2.85. The van der Waals surface area contributed by atoms with Gasteiger partial charge >= 0.3 is 5.97 Å². The second kappa shape index (κ2) is 7.58. The number of rotatable bonds is 7. The first-order valence-corrected chi connectivity index (χ1v) is 4.62. The summed E-state index contributed by atoms with van der Waals surface area (Å²) in [4.78, 5) is 15.0. The summed E-state index contributed by atoms with van der Waals surface area (Å²) < 4.78 is 0. The predicted octanol–water partition coefficient (Wildman–Crippen LogP) is 2.04. The van der Waals surface area contributed by atoms with Crippen LogP contribution in [0.2, 0.25) is 0 Å². The molecule has 4 heteroatoms. The van der Waals surface area contributed by atoms with Crippen LogP contribution in [-0.4, -0.2) is 23.4 Å². The van der Waals surface area contributed by atoms with Crippen LogP contribution in [0.15, 0.2) is 5.16 Å². The van der Waals surface area contributed by atoms with E-state index in [0.29, 0.717) is 0 Å². The molecular formula is C9H17NO3. The lowest BCUT2D eigenvalue weighted by atomic mass is 10.1. The van der Waals surface area contributed by atoms with Gasteiger partial charge in [0.2, 0.25) is 0 Å². The van der Waals surface area contributed by atoms with Crippen LogP contribution in [0, 0.1) is 0 Å². The predicted molar refractivity (Wildman–Crippen MR) is 50.8 cm³/mol. The van der Waals surface area contributed by atoms with Gasteiger partial charge in [-0.3, -0.25) is 0 Å². The molecule has 1 atom stereocenters. The fourth-order valence-electron chi connectivity index (χ4n) is 0.925. The SMILES string of the molecule is CCCCC(CC)O/N=C/C(=O)O. The lowest BCUT2D eigenvalue weighted by Crippen LogP contribution is -2.09. The summed E-state index contributed by atoms with van der Waals surface area (Å²) >= 11 is 0. The third-order valence-corrected chi connectivity index (χ3v) is 1.71. The number of carboxylic acid groups (broad SMARTS) is 1. The normalized spacial score (nSPS) is 13.1. The van der Waals surface area contributed by atoms with Gasteiger partial charge in [-0.15, -0.1) is 0 Å². The van der Waals surface area contributed by atoms with Crippen molar-refractivity contribution >= 4 is 12.2 Å². The third kappa shape index (κ3) is 7.31. The van der Waals surface area contributed by atoms with Crippen molar-refractivity contribution in [3.05, 3.63) is 0 Å². The molecule has 76 valence electrons. The molecule has 0 aliphatic carbocycles. The molecule has 0 fully saturated rings. The first kappa shape index (κ1) is 11.9. The highest BCUT2D eigenvalue weighted by molar-refractivity contribution is 6.21. The maximum atomic E-state index is 10.1. The van der Waals surface area contributed by atoms with E-state index in [9.17, 15) is 4.79 Å². The van der Waals surface area contributed by atoms with Gasteiger partial charge in [-0.25, -0.2) is 4.79 Å². The van der Waals surface area contributed by atoms with Crippen LogP contribution in [0.3, 0.4) is 0 Å². The van der Waals surface area contributed by atoms with Crippen LogP contribution in [0.5, 0.6) is 0 Å². The molecule has 0 spiro atoms. The van der Waals surface area contributed by atoms with Gasteiger partial charge in [-0.1, -0.05) is 25.4 Å². The monoisotopic (exact) mass is 187 g/mol. The van der Waals surface area contributed by atoms with Gasteiger partial charge in [0.05, 0.1) is 0 Å². The standard InChI is InChI=1S/C9H17NO3/c1-3-5-6-8(4-2)13-10-7-9(11)12/h7-8H,3-6H2,1-2H3,(H,11,12)/b10-7+. The first-order valence-electron chi connectivity index (χ1n) is 4.62. The number of carbonyl (C=O) groups is 1. The summed E-state index contributed by atoms with van der Waals surface area (Å²) in [5.41, 5.74) is 0. The molecule has 0 saturated carbocycles. The van der Waals surface area contributed by atoms with Gasteiger partial charge in [-0.05, 0) is 19.3 Å². The molecule has 0 heterocycles. The van der Waals surface area contributed by atoms with Gasteiger partial charge in [-0.2, -0.15) is 0 Å². The number of unbranched alkanes of at least 4 members (excludes halogenated alkanes) is 1. The fraction of sp³-hybridized carbons (Fsp3) is 0.778. The molecule has 1 unspecified atom stereocenters. The zero-order valence-electron chi connectivity index (χ0n) is 8.19. The quantitative estimate of drug-likeness (QED) is 0.490. The summed E-state index contributed by atoms with van der Waals surface area (Å²) in [6, 6.07) is 0. The number of hydrogen-bond acceptors (Lipinski definition) is 3. The Bertz CT molecular complexity index is 168. The first-order chi connectivity index (χ1) is 6.20. The van der Waals surface area contributed by atoms with E-state index < -0.39 is 5.97 Å². The van der Waals surface area contributed by atoms with Gasteiger partial charge in [0.1, 0.15) is 6.10 Å². The maximum Gasteiger partial charge on any atom is 0.350 e. The molecular weight excluding hydrogens is 170 g/mol. The zero-order valence-corrected chi connectivity index (χ0v) is 8.19. The van der Waals surface area contributed by atoms with E-state index in [2.05, 4.69) is 12.1 Å². The van der Waals surface area contributed by atoms with E-state index in [1.54, 1.807) is 0 Å². The number of hydrogen-bond donors (Lipinski definition) is 1. The minimum Gasteiger partial charge on any atom is -0.477 e. The van der Waals surface area contributed by atoms with E-state index in [-0.39, 0.29) is 6.10 Å². The second-order valence-electron chi connectivity index (χ2n) is 2.85. The Labute approximate surface area is 78.6 Å². The lowest BCUT2D eigenvalue weighted by Gasteiger charge is -2.10. The zero-order chi connectivity index (χ0) is 10.1. The molecule has 13 heavy (non-hydrogen) atoms. The Morgan fingerprint density at radius 2 is 2.31 bits per heavy atom. The number of aliphatic carboxylic acids is 1. The molecule has 0 aliphatic rings. The van der Waals surface area contributed by atoms with E-state index in [0.717, 1.165) is 31.9 Å². The van der Waals surface area contributed by atoms with Crippen molar-refractivity contribution in [1.82, 2.24) is 0 Å². The molecule has 0 amide bonds. The minimum atomic E-state index is -1.08. The van der Waals surface area contributed by atoms with E-state index in [1.807, 2.05) is 6.92 Å². The van der Waals surface area contributed by atoms with E-state index in [1.165, 1.54) is 0 Å². The average Bonchev–Trinajstić information content (AvgIpc) is 2.10. The summed E-state index contributed by atoms with van der Waals surface area (Å²) in [7, 11) is 0. The van der Waals surface area contributed by atoms with Crippen molar-refractivity contribution in [2.45, 2.75) is 45.6 Å². The van der Waals surface area contributed by atoms with E-state index in [4.69, 9.17) is 9.94 Å². The van der Waals surface area contributed by atoms with Crippen molar-refractivity contribution in [2.24, 2.45) is 5.16 Å². The number of carboxylic acids is 1. The smallest absolute Gasteiger partial charge is 0.350 e. The largest absolute Gasteiger partial charge is 0.477 e. The molecule has 1 N–H and O–H groups in total. The molecule has 0 aliphatic heterocycles. The summed E-state index contributed by atoms with van der Waals surface area (Å²) in [5.74, 6) is -1.08. The van der Waals surface area contributed by atoms with Crippen molar-refractivity contribution in [2.75, 3.05) is 0 Å². The van der Waals surface area contributed by atoms with Crippen molar-refractivity contribution < 1.29 is 14.7 Å².